The molecule has 1 fully saturated rings. The van der Waals surface area contributed by atoms with Gasteiger partial charge in [0, 0.05) is 13.0 Å². The number of para-hydroxylation sites is 1. The van der Waals surface area contributed by atoms with Gasteiger partial charge >= 0.3 is 6.09 Å². The Hall–Kier alpha value is -3.04. The van der Waals surface area contributed by atoms with Crippen LogP contribution in [0.4, 0.5) is 14.9 Å². The predicted octanol–water partition coefficient (Wildman–Crippen LogP) is 1.43. The van der Waals surface area contributed by atoms with Crippen molar-refractivity contribution in [2.75, 3.05) is 13.1 Å². The number of carbonyl (C=O) groups is 1. The third-order valence-electron chi connectivity index (χ3n) is 3.51. The maximum absolute atomic E-state index is 14.3. The fraction of sp³-hybridized carbons (Fsp3) is 0.471. The molecule has 0 radical (unpaired) electrons. The number of aliphatic imine (C=N–C) groups is 2. The van der Waals surface area contributed by atoms with E-state index in [0.717, 1.165) is 0 Å². The lowest BCUT2D eigenvalue weighted by atomic mass is 10.2. The van der Waals surface area contributed by atoms with Crippen LogP contribution >= 0.6 is 0 Å². The first-order chi connectivity index (χ1) is 12.5. The first-order valence-electron chi connectivity index (χ1n) is 8.42. The smallest absolute Gasteiger partial charge is 0.410 e. The van der Waals surface area contributed by atoms with Gasteiger partial charge in [-0.05, 0) is 32.9 Å². The van der Waals surface area contributed by atoms with Gasteiger partial charge in [0.05, 0.1) is 6.54 Å². The highest BCUT2D eigenvalue weighted by molar-refractivity contribution is 5.93. The molecule has 1 aromatic rings. The Balaban J connectivity index is 2.12. The number of amides is 1. The quantitative estimate of drug-likeness (QED) is 0.535. The maximum atomic E-state index is 14.3. The summed E-state index contributed by atoms with van der Waals surface area (Å²) < 4.78 is 25.4. The number of guanidine groups is 2. The van der Waals surface area contributed by atoms with E-state index in [4.69, 9.17) is 26.7 Å². The van der Waals surface area contributed by atoms with Crippen LogP contribution in [0.3, 0.4) is 0 Å². The van der Waals surface area contributed by atoms with Gasteiger partial charge in [0.1, 0.15) is 17.4 Å². The minimum absolute atomic E-state index is 0.0812. The number of nitrogens with two attached hydrogens (primary N) is 3. The SMILES string of the molecule is CC(C)(C)OC(=O)N1CCC(Oc2c(F)cccc2N=C(N)N=C(N)N)C1. The van der Waals surface area contributed by atoms with Crippen molar-refractivity contribution in [2.24, 2.45) is 27.2 Å². The van der Waals surface area contributed by atoms with E-state index in [0.29, 0.717) is 13.0 Å². The second-order valence-electron chi connectivity index (χ2n) is 7.05. The minimum Gasteiger partial charge on any atom is -0.483 e. The first-order valence-corrected chi connectivity index (χ1v) is 8.42. The summed E-state index contributed by atoms with van der Waals surface area (Å²) in [6, 6.07) is 4.23. The lowest BCUT2D eigenvalue weighted by molar-refractivity contribution is 0.0275. The van der Waals surface area contributed by atoms with Crippen LogP contribution in [0.5, 0.6) is 5.75 Å². The van der Waals surface area contributed by atoms with Crippen LogP contribution in [0.25, 0.3) is 0 Å². The molecule has 9 nitrogen and oxygen atoms in total. The molecule has 1 unspecified atom stereocenters. The molecule has 1 amide bonds. The van der Waals surface area contributed by atoms with E-state index in [1.54, 1.807) is 20.8 Å². The molecule has 1 saturated heterocycles. The van der Waals surface area contributed by atoms with E-state index in [1.807, 2.05) is 0 Å². The van der Waals surface area contributed by atoms with E-state index < -0.39 is 23.6 Å². The van der Waals surface area contributed by atoms with Gasteiger partial charge < -0.3 is 31.6 Å². The summed E-state index contributed by atoms with van der Waals surface area (Å²) in [5.41, 5.74) is 15.7. The van der Waals surface area contributed by atoms with Crippen LogP contribution in [0, 0.1) is 5.82 Å². The van der Waals surface area contributed by atoms with Crippen LogP contribution in [0.2, 0.25) is 0 Å². The third-order valence-corrected chi connectivity index (χ3v) is 3.51. The molecule has 1 heterocycles. The highest BCUT2D eigenvalue weighted by Crippen LogP contribution is 2.33. The molecule has 0 aromatic heterocycles. The summed E-state index contributed by atoms with van der Waals surface area (Å²) in [6.07, 6.45) is -0.315. The van der Waals surface area contributed by atoms with Gasteiger partial charge in [0.15, 0.2) is 17.5 Å². The van der Waals surface area contributed by atoms with Gasteiger partial charge in [-0.3, -0.25) is 0 Å². The predicted molar refractivity (Wildman–Crippen MR) is 100 cm³/mol. The number of ether oxygens (including phenoxy) is 2. The van der Waals surface area contributed by atoms with E-state index in [2.05, 4.69) is 9.98 Å². The molecule has 1 aromatic carbocycles. The normalized spacial score (nSPS) is 17.6. The maximum Gasteiger partial charge on any atom is 0.410 e. The molecule has 1 atom stereocenters. The van der Waals surface area contributed by atoms with E-state index in [-0.39, 0.29) is 29.9 Å². The van der Waals surface area contributed by atoms with Crippen LogP contribution in [-0.2, 0) is 4.74 Å². The number of rotatable bonds is 3. The Kier molecular flexibility index (Phi) is 6.09. The standard InChI is InChI=1S/C17H25FN6O3/c1-17(2,3)27-16(25)24-8-7-10(9-24)26-13-11(18)5-4-6-12(13)22-15(21)23-14(19)20/h4-6,10H,7-9H2,1-3H3,(H6,19,20,21,22,23). The number of hydrogen-bond acceptors (Lipinski definition) is 4. The topological polar surface area (TPSA) is 142 Å². The minimum atomic E-state index is -0.607. The lowest BCUT2D eigenvalue weighted by Gasteiger charge is -2.24. The molecule has 0 saturated carbocycles. The van der Waals surface area contributed by atoms with Crippen molar-refractivity contribution in [1.29, 1.82) is 0 Å². The number of likely N-dealkylation sites (tertiary alicyclic amines) is 1. The van der Waals surface area contributed by atoms with E-state index in [1.165, 1.54) is 23.1 Å². The van der Waals surface area contributed by atoms with Gasteiger partial charge in [-0.15, -0.1) is 0 Å². The summed E-state index contributed by atoms with van der Waals surface area (Å²) in [5.74, 6) is -1.18. The van der Waals surface area contributed by atoms with Crippen molar-refractivity contribution in [2.45, 2.75) is 38.9 Å². The van der Waals surface area contributed by atoms with Crippen molar-refractivity contribution in [1.82, 2.24) is 4.90 Å². The first kappa shape index (κ1) is 20.3. The molecule has 6 N–H and O–H groups in total. The zero-order valence-electron chi connectivity index (χ0n) is 15.6. The Morgan fingerprint density at radius 2 is 2.00 bits per heavy atom. The van der Waals surface area contributed by atoms with Gasteiger partial charge in [0.2, 0.25) is 5.96 Å². The summed E-state index contributed by atoms with van der Waals surface area (Å²) >= 11 is 0. The van der Waals surface area contributed by atoms with Crippen molar-refractivity contribution in [3.8, 4) is 5.75 Å². The van der Waals surface area contributed by atoms with Crippen LogP contribution in [0.1, 0.15) is 27.2 Å². The molecule has 1 aliphatic heterocycles. The lowest BCUT2D eigenvalue weighted by Crippen LogP contribution is -2.36. The van der Waals surface area contributed by atoms with E-state index >= 15 is 0 Å². The zero-order valence-corrected chi connectivity index (χ0v) is 15.6. The molecule has 0 bridgehead atoms. The Labute approximate surface area is 157 Å². The molecule has 1 aliphatic rings. The molecule has 2 rings (SSSR count). The summed E-state index contributed by atoms with van der Waals surface area (Å²) in [7, 11) is 0. The van der Waals surface area contributed by atoms with Gasteiger partial charge in [-0.2, -0.15) is 4.99 Å². The fourth-order valence-corrected chi connectivity index (χ4v) is 2.47. The van der Waals surface area contributed by atoms with Gasteiger partial charge in [-0.1, -0.05) is 6.07 Å². The van der Waals surface area contributed by atoms with Crippen LogP contribution in [0.15, 0.2) is 28.2 Å². The fourth-order valence-electron chi connectivity index (χ4n) is 2.47. The second-order valence-corrected chi connectivity index (χ2v) is 7.05. The Morgan fingerprint density at radius 3 is 2.63 bits per heavy atom. The molecular weight excluding hydrogens is 355 g/mol. The number of carbonyl (C=O) groups excluding carboxylic acids is 1. The largest absolute Gasteiger partial charge is 0.483 e. The summed E-state index contributed by atoms with van der Waals surface area (Å²) in [6.45, 7) is 6.09. The molecule has 0 spiro atoms. The average Bonchev–Trinajstić information content (AvgIpc) is 2.97. The van der Waals surface area contributed by atoms with Crippen molar-refractivity contribution >= 4 is 23.7 Å². The molecule has 0 aliphatic carbocycles. The van der Waals surface area contributed by atoms with Crippen LogP contribution in [-0.4, -0.2) is 47.7 Å². The second kappa shape index (κ2) is 8.11. The van der Waals surface area contributed by atoms with Crippen molar-refractivity contribution in [3.05, 3.63) is 24.0 Å². The van der Waals surface area contributed by atoms with Gasteiger partial charge in [0.25, 0.3) is 0 Å². The van der Waals surface area contributed by atoms with Crippen molar-refractivity contribution < 1.29 is 18.7 Å². The number of nitrogens with zero attached hydrogens (tertiary/aromatic N) is 3. The summed E-state index contributed by atoms with van der Waals surface area (Å²) in [4.78, 5) is 21.2. The molecule has 148 valence electrons. The molecule has 10 heteroatoms. The Bertz CT molecular complexity index is 756. The van der Waals surface area contributed by atoms with Crippen LogP contribution < -0.4 is 21.9 Å². The number of hydrogen-bond donors (Lipinski definition) is 3. The monoisotopic (exact) mass is 380 g/mol. The third kappa shape index (κ3) is 6.01. The van der Waals surface area contributed by atoms with E-state index in [9.17, 15) is 9.18 Å². The molecule has 27 heavy (non-hydrogen) atoms. The number of benzene rings is 1. The zero-order chi connectivity index (χ0) is 20.2. The highest BCUT2D eigenvalue weighted by Gasteiger charge is 2.31. The Morgan fingerprint density at radius 1 is 1.30 bits per heavy atom. The highest BCUT2D eigenvalue weighted by atomic mass is 19.1. The van der Waals surface area contributed by atoms with Crippen molar-refractivity contribution in [3.63, 3.8) is 0 Å². The molecular formula is C17H25FN6O3. The summed E-state index contributed by atoms with van der Waals surface area (Å²) in [5, 5.41) is 0. The average molecular weight is 380 g/mol. The van der Waals surface area contributed by atoms with Gasteiger partial charge in [-0.25, -0.2) is 14.2 Å². The number of halogens is 1.